The summed E-state index contributed by atoms with van der Waals surface area (Å²) in [6.45, 7) is 3.68. The third-order valence-corrected chi connectivity index (χ3v) is 4.18. The summed E-state index contributed by atoms with van der Waals surface area (Å²) in [6, 6.07) is 7.67. The Balaban J connectivity index is 1.76. The minimum Gasteiger partial charge on any atom is -0.493 e. The summed E-state index contributed by atoms with van der Waals surface area (Å²) in [7, 11) is 0. The summed E-state index contributed by atoms with van der Waals surface area (Å²) in [4.78, 5) is 13.4. The van der Waals surface area contributed by atoms with Crippen molar-refractivity contribution in [1.29, 1.82) is 0 Å². The van der Waals surface area contributed by atoms with E-state index >= 15 is 0 Å². The van der Waals surface area contributed by atoms with Gasteiger partial charge in [0.15, 0.2) is 0 Å². The molecule has 0 saturated carbocycles. The van der Waals surface area contributed by atoms with Crippen LogP contribution >= 0.6 is 0 Å². The number of nitrogens with one attached hydrogen (secondary N) is 1. The maximum atomic E-state index is 11.3. The van der Waals surface area contributed by atoms with Crippen molar-refractivity contribution in [3.05, 3.63) is 29.8 Å². The van der Waals surface area contributed by atoms with Crippen LogP contribution in [0.4, 0.5) is 0 Å². The zero-order valence-electron chi connectivity index (χ0n) is 11.4. The normalized spacial score (nSPS) is 26.6. The molecule has 2 aliphatic heterocycles. The molecule has 0 amide bonds. The summed E-state index contributed by atoms with van der Waals surface area (Å²) in [5, 5.41) is 12.5. The summed E-state index contributed by atoms with van der Waals surface area (Å²) >= 11 is 0. The van der Waals surface area contributed by atoms with Crippen LogP contribution in [0.25, 0.3) is 0 Å². The van der Waals surface area contributed by atoms with Crippen molar-refractivity contribution in [1.82, 2.24) is 10.2 Å². The van der Waals surface area contributed by atoms with E-state index in [1.54, 1.807) is 0 Å². The number of rotatable bonds is 3. The van der Waals surface area contributed by atoms with Crippen LogP contribution < -0.4 is 10.1 Å². The van der Waals surface area contributed by atoms with Crippen molar-refractivity contribution in [2.75, 3.05) is 32.8 Å². The third kappa shape index (κ3) is 2.64. The van der Waals surface area contributed by atoms with Gasteiger partial charge in [-0.05, 0) is 18.1 Å². The number of hydrogen-bond acceptors (Lipinski definition) is 4. The van der Waals surface area contributed by atoms with Crippen LogP contribution in [0, 0.1) is 0 Å². The monoisotopic (exact) mass is 276 g/mol. The predicted molar refractivity (Wildman–Crippen MR) is 75.2 cm³/mol. The molecule has 2 unspecified atom stereocenters. The van der Waals surface area contributed by atoms with Crippen LogP contribution in [0.5, 0.6) is 5.75 Å². The Labute approximate surface area is 118 Å². The molecule has 1 aromatic rings. The van der Waals surface area contributed by atoms with Gasteiger partial charge in [0, 0.05) is 32.1 Å². The number of benzene rings is 1. The number of hydrogen-bond donors (Lipinski definition) is 2. The number of aliphatic carboxylic acids is 1. The molecule has 0 spiro atoms. The van der Waals surface area contributed by atoms with Gasteiger partial charge in [0.05, 0.1) is 6.61 Å². The molecule has 5 nitrogen and oxygen atoms in total. The van der Waals surface area contributed by atoms with Crippen LogP contribution in [0.2, 0.25) is 0 Å². The lowest BCUT2D eigenvalue weighted by Crippen LogP contribution is -2.55. The van der Waals surface area contributed by atoms with Gasteiger partial charge in [-0.25, -0.2) is 0 Å². The highest BCUT2D eigenvalue weighted by molar-refractivity contribution is 5.74. The van der Waals surface area contributed by atoms with Gasteiger partial charge >= 0.3 is 5.97 Å². The van der Waals surface area contributed by atoms with E-state index in [0.29, 0.717) is 19.1 Å². The van der Waals surface area contributed by atoms with Gasteiger partial charge in [0.1, 0.15) is 11.8 Å². The molecule has 1 aromatic carbocycles. The van der Waals surface area contributed by atoms with Crippen LogP contribution in [0.3, 0.4) is 0 Å². The lowest BCUT2D eigenvalue weighted by atomic mass is 9.92. The maximum absolute atomic E-state index is 11.3. The number of fused-ring (bicyclic) bond motifs is 1. The number of carboxylic acid groups (broad SMARTS) is 1. The summed E-state index contributed by atoms with van der Waals surface area (Å²) < 4.78 is 5.67. The smallest absolute Gasteiger partial charge is 0.322 e. The van der Waals surface area contributed by atoms with Gasteiger partial charge in [-0.2, -0.15) is 0 Å². The van der Waals surface area contributed by atoms with Gasteiger partial charge in [0.25, 0.3) is 0 Å². The van der Waals surface area contributed by atoms with Crippen LogP contribution in [-0.4, -0.2) is 54.8 Å². The van der Waals surface area contributed by atoms with Crippen LogP contribution in [-0.2, 0) is 4.79 Å². The average Bonchev–Trinajstić information content (AvgIpc) is 2.48. The summed E-state index contributed by atoms with van der Waals surface area (Å²) in [6.07, 6.45) is 0.952. The van der Waals surface area contributed by atoms with Gasteiger partial charge in [-0.1, -0.05) is 18.2 Å². The molecule has 2 aliphatic rings. The van der Waals surface area contributed by atoms with E-state index < -0.39 is 12.0 Å². The van der Waals surface area contributed by atoms with Gasteiger partial charge in [-0.15, -0.1) is 0 Å². The van der Waals surface area contributed by atoms with E-state index in [9.17, 15) is 9.90 Å². The van der Waals surface area contributed by atoms with Crippen molar-refractivity contribution >= 4 is 5.97 Å². The van der Waals surface area contributed by atoms with Crippen molar-refractivity contribution in [3.63, 3.8) is 0 Å². The topological polar surface area (TPSA) is 61.8 Å². The highest BCUT2D eigenvalue weighted by atomic mass is 16.5. The van der Waals surface area contributed by atoms with E-state index in [-0.39, 0.29) is 0 Å². The Morgan fingerprint density at radius 3 is 3.15 bits per heavy atom. The lowest BCUT2D eigenvalue weighted by Gasteiger charge is -2.37. The largest absolute Gasteiger partial charge is 0.493 e. The first-order valence-electron chi connectivity index (χ1n) is 7.15. The Bertz CT molecular complexity index is 492. The van der Waals surface area contributed by atoms with Crippen molar-refractivity contribution in [3.8, 4) is 5.75 Å². The Morgan fingerprint density at radius 1 is 1.45 bits per heavy atom. The fraction of sp³-hybridized carbons (Fsp3) is 0.533. The van der Waals surface area contributed by atoms with Crippen LogP contribution in [0.1, 0.15) is 17.9 Å². The van der Waals surface area contributed by atoms with Crippen LogP contribution in [0.15, 0.2) is 24.3 Å². The van der Waals surface area contributed by atoms with Gasteiger partial charge in [0.2, 0.25) is 0 Å². The molecular weight excluding hydrogens is 256 g/mol. The van der Waals surface area contributed by atoms with E-state index in [0.717, 1.165) is 31.8 Å². The third-order valence-electron chi connectivity index (χ3n) is 4.18. The summed E-state index contributed by atoms with van der Waals surface area (Å²) in [5.41, 5.74) is 1.21. The molecule has 0 aromatic heterocycles. The molecule has 0 aliphatic carbocycles. The zero-order chi connectivity index (χ0) is 13.9. The Morgan fingerprint density at radius 2 is 2.30 bits per heavy atom. The van der Waals surface area contributed by atoms with E-state index in [1.807, 2.05) is 18.2 Å². The number of nitrogens with zero attached hydrogens (tertiary/aromatic N) is 1. The van der Waals surface area contributed by atoms with Crippen molar-refractivity contribution < 1.29 is 14.6 Å². The molecule has 1 saturated heterocycles. The Hall–Kier alpha value is -1.59. The molecule has 0 radical (unpaired) electrons. The van der Waals surface area contributed by atoms with Crippen molar-refractivity contribution in [2.45, 2.75) is 18.4 Å². The number of carboxylic acids is 1. The van der Waals surface area contributed by atoms with Crippen molar-refractivity contribution in [2.24, 2.45) is 0 Å². The minimum absolute atomic E-state index is 0.361. The second kappa shape index (κ2) is 5.81. The first kappa shape index (κ1) is 13.4. The highest BCUT2D eigenvalue weighted by Gasteiger charge is 2.31. The molecule has 3 rings (SSSR count). The fourth-order valence-corrected chi connectivity index (χ4v) is 3.10. The van der Waals surface area contributed by atoms with E-state index in [2.05, 4.69) is 16.3 Å². The lowest BCUT2D eigenvalue weighted by molar-refractivity contribution is -0.144. The molecule has 2 N–H and O–H groups in total. The minimum atomic E-state index is -0.738. The van der Waals surface area contributed by atoms with Gasteiger partial charge in [-0.3, -0.25) is 9.69 Å². The zero-order valence-corrected chi connectivity index (χ0v) is 11.4. The fourth-order valence-electron chi connectivity index (χ4n) is 3.10. The molecule has 108 valence electrons. The second-order valence-electron chi connectivity index (χ2n) is 5.42. The maximum Gasteiger partial charge on any atom is 0.322 e. The number of ether oxygens (including phenoxy) is 1. The molecule has 20 heavy (non-hydrogen) atoms. The average molecular weight is 276 g/mol. The molecule has 2 heterocycles. The molecule has 1 fully saturated rings. The van der Waals surface area contributed by atoms with E-state index in [4.69, 9.17) is 4.74 Å². The molecule has 5 heteroatoms. The standard InChI is InChI=1S/C15H20N2O3/c18-15(19)13-9-16-6-7-17(13)10-11-5-8-20-14-4-2-1-3-12(11)14/h1-4,11,13,16H,5-10H2,(H,18,19). The second-order valence-corrected chi connectivity index (χ2v) is 5.42. The number of para-hydroxylation sites is 1. The van der Waals surface area contributed by atoms with E-state index in [1.165, 1.54) is 5.56 Å². The van der Waals surface area contributed by atoms with Gasteiger partial charge < -0.3 is 15.2 Å². The molecular formula is C15H20N2O3. The SMILES string of the molecule is O=C(O)C1CNCCN1CC1CCOc2ccccc21. The first-order chi connectivity index (χ1) is 9.75. The molecule has 2 atom stereocenters. The number of piperazine rings is 1. The molecule has 0 bridgehead atoms. The predicted octanol–water partition coefficient (Wildman–Crippen LogP) is 0.911. The quantitative estimate of drug-likeness (QED) is 0.859. The highest BCUT2D eigenvalue weighted by Crippen LogP contribution is 2.34. The first-order valence-corrected chi connectivity index (χ1v) is 7.15. The number of carbonyl (C=O) groups is 1. The summed E-state index contributed by atoms with van der Waals surface area (Å²) in [5.74, 6) is 0.572. The Kier molecular flexibility index (Phi) is 3.89.